The van der Waals surface area contributed by atoms with E-state index in [1.807, 2.05) is 36.4 Å². The smallest absolute Gasteiger partial charge is 0.132 e. The first-order valence-corrected chi connectivity index (χ1v) is 7.35. The maximum absolute atomic E-state index is 5.74. The van der Waals surface area contributed by atoms with Gasteiger partial charge in [-0.05, 0) is 47.1 Å². The van der Waals surface area contributed by atoms with Gasteiger partial charge in [0.05, 0.1) is 12.1 Å². The van der Waals surface area contributed by atoms with Crippen LogP contribution in [-0.2, 0) is 6.42 Å². The van der Waals surface area contributed by atoms with Crippen LogP contribution in [0.15, 0.2) is 53.1 Å². The van der Waals surface area contributed by atoms with Crippen LogP contribution in [0.25, 0.3) is 5.52 Å². The highest BCUT2D eigenvalue weighted by atomic mass is 79.9. The fourth-order valence-electron chi connectivity index (χ4n) is 2.29. The second kappa shape index (κ2) is 5.67. The molecule has 2 aromatic heterocycles. The first kappa shape index (κ1) is 13.2. The van der Waals surface area contributed by atoms with Crippen LogP contribution in [0.5, 0.6) is 5.75 Å². The number of para-hydroxylation sites is 1. The van der Waals surface area contributed by atoms with Crippen LogP contribution in [0.4, 0.5) is 0 Å². The number of hydrogen-bond donors (Lipinski definition) is 0. The lowest BCUT2D eigenvalue weighted by atomic mass is 10.3. The second-order valence-corrected chi connectivity index (χ2v) is 5.37. The Morgan fingerprint density at radius 2 is 1.90 bits per heavy atom. The molecule has 0 unspecified atom stereocenters. The Bertz CT molecular complexity index is 722. The SMILES string of the molecule is Cc1cccc2c(Br)nc(CCOc3ccccc3)n12. The van der Waals surface area contributed by atoms with Gasteiger partial charge in [0.2, 0.25) is 0 Å². The van der Waals surface area contributed by atoms with Crippen LogP contribution >= 0.6 is 15.9 Å². The Balaban J connectivity index is 1.78. The van der Waals surface area contributed by atoms with E-state index in [-0.39, 0.29) is 0 Å². The van der Waals surface area contributed by atoms with E-state index >= 15 is 0 Å². The minimum absolute atomic E-state index is 0.615. The number of ether oxygens (including phenoxy) is 1. The highest BCUT2D eigenvalue weighted by molar-refractivity contribution is 9.10. The van der Waals surface area contributed by atoms with Gasteiger partial charge in [0, 0.05) is 12.1 Å². The molecular formula is C16H15BrN2O. The summed E-state index contributed by atoms with van der Waals surface area (Å²) in [7, 11) is 0. The molecule has 0 amide bonds. The molecule has 102 valence electrons. The zero-order valence-electron chi connectivity index (χ0n) is 11.2. The predicted molar refractivity (Wildman–Crippen MR) is 83.3 cm³/mol. The lowest BCUT2D eigenvalue weighted by molar-refractivity contribution is 0.318. The van der Waals surface area contributed by atoms with E-state index in [1.54, 1.807) is 0 Å². The molecule has 0 atom stereocenters. The van der Waals surface area contributed by atoms with Crippen LogP contribution in [0.3, 0.4) is 0 Å². The Labute approximate surface area is 126 Å². The third-order valence-corrected chi connectivity index (χ3v) is 3.80. The van der Waals surface area contributed by atoms with E-state index in [0.29, 0.717) is 6.61 Å². The minimum Gasteiger partial charge on any atom is -0.493 e. The van der Waals surface area contributed by atoms with Crippen molar-refractivity contribution in [2.24, 2.45) is 0 Å². The number of pyridine rings is 1. The van der Waals surface area contributed by atoms with Gasteiger partial charge >= 0.3 is 0 Å². The number of hydrogen-bond acceptors (Lipinski definition) is 2. The van der Waals surface area contributed by atoms with E-state index < -0.39 is 0 Å². The quantitative estimate of drug-likeness (QED) is 0.722. The first-order chi connectivity index (χ1) is 9.75. The molecule has 4 heteroatoms. The molecule has 0 bridgehead atoms. The largest absolute Gasteiger partial charge is 0.493 e. The monoisotopic (exact) mass is 330 g/mol. The van der Waals surface area contributed by atoms with E-state index in [1.165, 1.54) is 5.69 Å². The molecule has 0 aliphatic rings. The van der Waals surface area contributed by atoms with Gasteiger partial charge in [-0.1, -0.05) is 24.3 Å². The Morgan fingerprint density at radius 1 is 1.10 bits per heavy atom. The maximum atomic E-state index is 5.74. The van der Waals surface area contributed by atoms with E-state index in [0.717, 1.165) is 28.1 Å². The summed E-state index contributed by atoms with van der Waals surface area (Å²) in [5.41, 5.74) is 2.27. The summed E-state index contributed by atoms with van der Waals surface area (Å²) in [6, 6.07) is 16.0. The second-order valence-electron chi connectivity index (χ2n) is 4.62. The normalized spacial score (nSPS) is 10.9. The van der Waals surface area contributed by atoms with Crippen molar-refractivity contribution < 1.29 is 4.74 Å². The molecule has 0 spiro atoms. The molecule has 20 heavy (non-hydrogen) atoms. The maximum Gasteiger partial charge on any atom is 0.132 e. The summed E-state index contributed by atoms with van der Waals surface area (Å²) in [6.07, 6.45) is 0.770. The number of rotatable bonds is 4. The number of benzene rings is 1. The fraction of sp³-hybridized carbons (Fsp3) is 0.188. The van der Waals surface area contributed by atoms with Crippen molar-refractivity contribution in [3.05, 3.63) is 64.7 Å². The fourth-order valence-corrected chi connectivity index (χ4v) is 2.80. The number of fused-ring (bicyclic) bond motifs is 1. The molecule has 1 aromatic carbocycles. The molecule has 2 heterocycles. The summed E-state index contributed by atoms with van der Waals surface area (Å²) in [4.78, 5) is 4.58. The summed E-state index contributed by atoms with van der Waals surface area (Å²) in [6.45, 7) is 2.70. The zero-order chi connectivity index (χ0) is 13.9. The molecule has 0 N–H and O–H groups in total. The molecule has 0 saturated heterocycles. The van der Waals surface area contributed by atoms with Crippen molar-refractivity contribution in [2.75, 3.05) is 6.61 Å². The average molecular weight is 331 g/mol. The molecule has 3 aromatic rings. The number of halogens is 1. The zero-order valence-corrected chi connectivity index (χ0v) is 12.8. The summed E-state index contributed by atoms with van der Waals surface area (Å²) in [5, 5.41) is 0. The molecule has 0 aliphatic heterocycles. The summed E-state index contributed by atoms with van der Waals surface area (Å²) in [5.74, 6) is 1.91. The average Bonchev–Trinajstić information content (AvgIpc) is 2.78. The van der Waals surface area contributed by atoms with Crippen molar-refractivity contribution in [2.45, 2.75) is 13.3 Å². The van der Waals surface area contributed by atoms with Gasteiger partial charge in [0.25, 0.3) is 0 Å². The predicted octanol–water partition coefficient (Wildman–Crippen LogP) is 4.03. The van der Waals surface area contributed by atoms with Gasteiger partial charge in [-0.25, -0.2) is 4.98 Å². The molecule has 3 rings (SSSR count). The van der Waals surface area contributed by atoms with Crippen molar-refractivity contribution in [3.8, 4) is 5.75 Å². The van der Waals surface area contributed by atoms with Gasteiger partial charge < -0.3 is 4.74 Å². The van der Waals surface area contributed by atoms with E-state index in [2.05, 4.69) is 44.4 Å². The van der Waals surface area contributed by atoms with Crippen molar-refractivity contribution in [3.63, 3.8) is 0 Å². The highest BCUT2D eigenvalue weighted by Crippen LogP contribution is 2.21. The molecule has 0 saturated carbocycles. The third kappa shape index (κ3) is 2.56. The number of aryl methyl sites for hydroxylation is 1. The Morgan fingerprint density at radius 3 is 2.70 bits per heavy atom. The minimum atomic E-state index is 0.615. The van der Waals surface area contributed by atoms with Crippen molar-refractivity contribution >= 4 is 21.4 Å². The van der Waals surface area contributed by atoms with Crippen molar-refractivity contribution in [1.82, 2.24) is 9.38 Å². The highest BCUT2D eigenvalue weighted by Gasteiger charge is 2.10. The van der Waals surface area contributed by atoms with Gasteiger partial charge in [-0.3, -0.25) is 4.40 Å². The molecule has 0 aliphatic carbocycles. The lowest BCUT2D eigenvalue weighted by Crippen LogP contribution is -2.06. The molecule has 0 fully saturated rings. The molecule has 3 nitrogen and oxygen atoms in total. The van der Waals surface area contributed by atoms with Gasteiger partial charge in [0.15, 0.2) is 0 Å². The Kier molecular flexibility index (Phi) is 3.74. The molecule has 0 radical (unpaired) electrons. The van der Waals surface area contributed by atoms with Crippen molar-refractivity contribution in [1.29, 1.82) is 0 Å². The van der Waals surface area contributed by atoms with Crippen LogP contribution < -0.4 is 4.74 Å². The van der Waals surface area contributed by atoms with E-state index in [9.17, 15) is 0 Å². The van der Waals surface area contributed by atoms with Gasteiger partial charge in [-0.2, -0.15) is 0 Å². The number of aromatic nitrogens is 2. The topological polar surface area (TPSA) is 26.5 Å². The van der Waals surface area contributed by atoms with Gasteiger partial charge in [0.1, 0.15) is 16.2 Å². The van der Waals surface area contributed by atoms with Gasteiger partial charge in [-0.15, -0.1) is 0 Å². The number of nitrogens with zero attached hydrogens (tertiary/aromatic N) is 2. The first-order valence-electron chi connectivity index (χ1n) is 6.56. The van der Waals surface area contributed by atoms with Crippen LogP contribution in [0, 0.1) is 6.92 Å². The van der Waals surface area contributed by atoms with Crippen LogP contribution in [0.2, 0.25) is 0 Å². The summed E-state index contributed by atoms with van der Waals surface area (Å²) >= 11 is 3.52. The molecular weight excluding hydrogens is 316 g/mol. The summed E-state index contributed by atoms with van der Waals surface area (Å²) < 4.78 is 8.79. The number of imidazole rings is 1. The third-order valence-electron chi connectivity index (χ3n) is 3.22. The standard InChI is InChI=1S/C16H15BrN2O/c1-12-6-5-9-14-16(17)18-15(19(12)14)10-11-20-13-7-3-2-4-8-13/h2-9H,10-11H2,1H3. The van der Waals surface area contributed by atoms with Crippen LogP contribution in [-0.4, -0.2) is 16.0 Å². The Hall–Kier alpha value is -1.81. The lowest BCUT2D eigenvalue weighted by Gasteiger charge is -2.07. The van der Waals surface area contributed by atoms with Crippen LogP contribution in [0.1, 0.15) is 11.5 Å². The van der Waals surface area contributed by atoms with E-state index in [4.69, 9.17) is 4.74 Å².